The van der Waals surface area contributed by atoms with E-state index < -0.39 is 0 Å². The molecule has 0 fully saturated rings. The number of halogens is 1. The molecular formula is C19H18ClNO3. The van der Waals surface area contributed by atoms with Crippen molar-refractivity contribution in [2.75, 3.05) is 18.5 Å². The number of fused-ring (bicyclic) bond motifs is 2. The Morgan fingerprint density at radius 2 is 1.88 bits per heavy atom. The Bertz CT molecular complexity index is 790. The number of nitrogens with one attached hydrogen (secondary N) is 1. The summed E-state index contributed by atoms with van der Waals surface area (Å²) in [6, 6.07) is 11.6. The van der Waals surface area contributed by atoms with Crippen LogP contribution in [0.25, 0.3) is 0 Å². The van der Waals surface area contributed by atoms with Crippen LogP contribution >= 0.6 is 11.6 Å². The van der Waals surface area contributed by atoms with Crippen LogP contribution in [-0.2, 0) is 11.2 Å². The van der Waals surface area contributed by atoms with Gasteiger partial charge in [0.2, 0.25) is 5.91 Å². The first-order valence-electron chi connectivity index (χ1n) is 8.20. The Morgan fingerprint density at radius 3 is 2.71 bits per heavy atom. The normalized spacial score (nSPS) is 18.6. The molecule has 1 N–H and O–H groups in total. The predicted molar refractivity (Wildman–Crippen MR) is 93.2 cm³/mol. The Balaban J connectivity index is 1.59. The number of carbonyl (C=O) groups is 1. The molecule has 0 spiro atoms. The quantitative estimate of drug-likeness (QED) is 0.890. The first-order valence-corrected chi connectivity index (χ1v) is 8.58. The van der Waals surface area contributed by atoms with Crippen LogP contribution in [0.1, 0.15) is 29.9 Å². The number of aryl methyl sites for hydroxylation is 1. The van der Waals surface area contributed by atoms with Gasteiger partial charge >= 0.3 is 0 Å². The Labute approximate surface area is 145 Å². The molecule has 1 unspecified atom stereocenters. The highest BCUT2D eigenvalue weighted by molar-refractivity contribution is 6.34. The zero-order valence-corrected chi connectivity index (χ0v) is 13.9. The lowest BCUT2D eigenvalue weighted by atomic mass is 9.82. The zero-order chi connectivity index (χ0) is 16.5. The minimum Gasteiger partial charge on any atom is -0.486 e. The Hall–Kier alpha value is -2.20. The molecule has 0 saturated heterocycles. The van der Waals surface area contributed by atoms with Gasteiger partial charge in [0.15, 0.2) is 11.5 Å². The highest BCUT2D eigenvalue weighted by Crippen LogP contribution is 2.39. The fraction of sp³-hybridized carbons (Fsp3) is 0.316. The Kier molecular flexibility index (Phi) is 4.07. The summed E-state index contributed by atoms with van der Waals surface area (Å²) < 4.78 is 11.1. The molecule has 1 heterocycles. The van der Waals surface area contributed by atoms with Crippen molar-refractivity contribution in [3.05, 3.63) is 52.5 Å². The molecule has 1 aliphatic carbocycles. The minimum absolute atomic E-state index is 0.0271. The van der Waals surface area contributed by atoms with E-state index in [1.165, 1.54) is 5.56 Å². The lowest BCUT2D eigenvalue weighted by Gasteiger charge is -2.25. The summed E-state index contributed by atoms with van der Waals surface area (Å²) >= 11 is 6.29. The third kappa shape index (κ3) is 2.82. The first-order chi connectivity index (χ1) is 11.7. The van der Waals surface area contributed by atoms with E-state index in [2.05, 4.69) is 11.4 Å². The summed E-state index contributed by atoms with van der Waals surface area (Å²) in [5.41, 5.74) is 2.95. The predicted octanol–water partition coefficient (Wildman–Crippen LogP) is 4.17. The van der Waals surface area contributed by atoms with Crippen molar-refractivity contribution in [1.82, 2.24) is 0 Å². The van der Waals surface area contributed by atoms with Gasteiger partial charge in [-0.25, -0.2) is 0 Å². The number of benzene rings is 2. The molecule has 1 amide bonds. The van der Waals surface area contributed by atoms with Crippen molar-refractivity contribution in [3.63, 3.8) is 0 Å². The van der Waals surface area contributed by atoms with E-state index in [1.807, 2.05) is 18.2 Å². The SMILES string of the molecule is O=C(Nc1cc2c(cc1Cl)OCCO2)C1CCCc2ccccc21. The number of carbonyl (C=O) groups excluding carboxylic acids is 1. The number of anilines is 1. The summed E-state index contributed by atoms with van der Waals surface area (Å²) in [6.07, 6.45) is 2.90. The fourth-order valence-corrected chi connectivity index (χ4v) is 3.61. The maximum atomic E-state index is 12.8. The van der Waals surface area contributed by atoms with E-state index in [-0.39, 0.29) is 11.8 Å². The monoisotopic (exact) mass is 343 g/mol. The van der Waals surface area contributed by atoms with E-state index in [4.69, 9.17) is 21.1 Å². The standard InChI is InChI=1S/C19H18ClNO3/c20-15-10-17-18(24-9-8-23-17)11-16(15)21-19(22)14-7-3-5-12-4-1-2-6-13(12)14/h1-2,4,6,10-11,14H,3,5,7-9H2,(H,21,22). The van der Waals surface area contributed by atoms with Gasteiger partial charge in [-0.3, -0.25) is 4.79 Å². The maximum Gasteiger partial charge on any atom is 0.231 e. The lowest BCUT2D eigenvalue weighted by molar-refractivity contribution is -0.117. The van der Waals surface area contributed by atoms with Gasteiger partial charge in [-0.1, -0.05) is 35.9 Å². The van der Waals surface area contributed by atoms with Crippen molar-refractivity contribution in [3.8, 4) is 11.5 Å². The van der Waals surface area contributed by atoms with Crippen LogP contribution in [0.4, 0.5) is 5.69 Å². The van der Waals surface area contributed by atoms with Gasteiger partial charge in [-0.15, -0.1) is 0 Å². The van der Waals surface area contributed by atoms with Gasteiger partial charge in [0.25, 0.3) is 0 Å². The molecule has 124 valence electrons. The second kappa shape index (κ2) is 6.36. The molecule has 0 saturated carbocycles. The van der Waals surface area contributed by atoms with E-state index in [9.17, 15) is 4.79 Å². The largest absolute Gasteiger partial charge is 0.486 e. The second-order valence-electron chi connectivity index (χ2n) is 6.11. The van der Waals surface area contributed by atoms with Gasteiger partial charge < -0.3 is 14.8 Å². The molecule has 2 aromatic carbocycles. The van der Waals surface area contributed by atoms with Crippen LogP contribution < -0.4 is 14.8 Å². The van der Waals surface area contributed by atoms with Crippen molar-refractivity contribution in [2.45, 2.75) is 25.2 Å². The molecule has 1 aliphatic heterocycles. The van der Waals surface area contributed by atoms with E-state index in [1.54, 1.807) is 12.1 Å². The number of ether oxygens (including phenoxy) is 2. The molecule has 5 heteroatoms. The smallest absolute Gasteiger partial charge is 0.231 e. The van der Waals surface area contributed by atoms with Crippen molar-refractivity contribution in [1.29, 1.82) is 0 Å². The van der Waals surface area contributed by atoms with Crippen LogP contribution in [0.3, 0.4) is 0 Å². The average Bonchev–Trinajstić information content (AvgIpc) is 2.62. The highest BCUT2D eigenvalue weighted by Gasteiger charge is 2.27. The first kappa shape index (κ1) is 15.3. The van der Waals surface area contributed by atoms with Crippen molar-refractivity contribution >= 4 is 23.2 Å². The summed E-state index contributed by atoms with van der Waals surface area (Å²) in [5.74, 6) is 1.07. The summed E-state index contributed by atoms with van der Waals surface area (Å²) in [6.45, 7) is 1.01. The topological polar surface area (TPSA) is 47.6 Å². The molecule has 24 heavy (non-hydrogen) atoms. The number of hydrogen-bond acceptors (Lipinski definition) is 3. The van der Waals surface area contributed by atoms with E-state index in [0.717, 1.165) is 24.8 Å². The molecule has 1 atom stereocenters. The van der Waals surface area contributed by atoms with Crippen molar-refractivity contribution < 1.29 is 14.3 Å². The minimum atomic E-state index is -0.140. The number of rotatable bonds is 2. The van der Waals surface area contributed by atoms with Gasteiger partial charge in [0.1, 0.15) is 13.2 Å². The number of hydrogen-bond donors (Lipinski definition) is 1. The van der Waals surface area contributed by atoms with Gasteiger partial charge in [-0.05, 0) is 30.4 Å². The van der Waals surface area contributed by atoms with Gasteiger partial charge in [0, 0.05) is 12.1 Å². The van der Waals surface area contributed by atoms with E-state index >= 15 is 0 Å². The zero-order valence-electron chi connectivity index (χ0n) is 13.2. The second-order valence-corrected chi connectivity index (χ2v) is 6.52. The summed E-state index contributed by atoms with van der Waals surface area (Å²) in [7, 11) is 0. The molecule has 4 rings (SSSR count). The molecule has 0 aromatic heterocycles. The van der Waals surface area contributed by atoms with Gasteiger partial charge in [-0.2, -0.15) is 0 Å². The third-order valence-corrected chi connectivity index (χ3v) is 4.89. The molecule has 2 aromatic rings. The molecule has 0 bridgehead atoms. The highest BCUT2D eigenvalue weighted by atomic mass is 35.5. The molecule has 0 radical (unpaired) electrons. The van der Waals surface area contributed by atoms with Crippen LogP contribution in [0.5, 0.6) is 11.5 Å². The van der Waals surface area contributed by atoms with Crippen LogP contribution in [-0.4, -0.2) is 19.1 Å². The van der Waals surface area contributed by atoms with Crippen LogP contribution in [0.15, 0.2) is 36.4 Å². The molecule has 2 aliphatic rings. The van der Waals surface area contributed by atoms with Gasteiger partial charge in [0.05, 0.1) is 16.6 Å². The molecule has 4 nitrogen and oxygen atoms in total. The fourth-order valence-electron chi connectivity index (χ4n) is 3.41. The average molecular weight is 344 g/mol. The van der Waals surface area contributed by atoms with E-state index in [0.29, 0.717) is 35.4 Å². The number of amides is 1. The van der Waals surface area contributed by atoms with Crippen LogP contribution in [0.2, 0.25) is 5.02 Å². The Morgan fingerprint density at radius 1 is 1.12 bits per heavy atom. The lowest BCUT2D eigenvalue weighted by Crippen LogP contribution is -2.25. The summed E-state index contributed by atoms with van der Waals surface area (Å²) in [4.78, 5) is 12.8. The third-order valence-electron chi connectivity index (χ3n) is 4.58. The maximum absolute atomic E-state index is 12.8. The van der Waals surface area contributed by atoms with Crippen LogP contribution in [0, 0.1) is 0 Å². The summed E-state index contributed by atoms with van der Waals surface area (Å²) in [5, 5.41) is 3.42. The van der Waals surface area contributed by atoms with Crippen molar-refractivity contribution in [2.24, 2.45) is 0 Å². The molecular weight excluding hydrogens is 326 g/mol.